The molecule has 0 atom stereocenters. The van der Waals surface area contributed by atoms with Gasteiger partial charge in [0.25, 0.3) is 0 Å². The minimum Gasteiger partial charge on any atom is -0.293 e. The average Bonchev–Trinajstić information content (AvgIpc) is 2.49. The van der Waals surface area contributed by atoms with Crippen LogP contribution in [0.5, 0.6) is 0 Å². The lowest BCUT2D eigenvalue weighted by atomic mass is 9.99. The molecule has 0 amide bonds. The van der Waals surface area contributed by atoms with Gasteiger partial charge < -0.3 is 0 Å². The zero-order valence-corrected chi connectivity index (χ0v) is 11.7. The highest BCUT2D eigenvalue weighted by molar-refractivity contribution is 5.77. The molecule has 0 N–H and O–H groups in total. The molecule has 0 unspecified atom stereocenters. The van der Waals surface area contributed by atoms with E-state index in [9.17, 15) is 0 Å². The number of nitrogens with zero attached hydrogens (tertiary/aromatic N) is 1. The molecule has 0 aromatic heterocycles. The Morgan fingerprint density at radius 1 is 0.737 bits per heavy atom. The lowest BCUT2D eigenvalue weighted by Gasteiger charge is -2.38. The van der Waals surface area contributed by atoms with Crippen LogP contribution in [0.4, 0.5) is 5.69 Å². The first-order valence-electron chi connectivity index (χ1n) is 7.29. The molecule has 1 fully saturated rings. The summed E-state index contributed by atoms with van der Waals surface area (Å²) in [5.74, 6) is 0. The molecular weight excluding hydrogens is 230 g/mol. The van der Waals surface area contributed by atoms with Crippen LogP contribution in [0.2, 0.25) is 0 Å². The fourth-order valence-corrected chi connectivity index (χ4v) is 3.26. The van der Waals surface area contributed by atoms with Gasteiger partial charge in [-0.3, -0.25) is 4.48 Å². The summed E-state index contributed by atoms with van der Waals surface area (Å²) >= 11 is 0. The maximum absolute atomic E-state index is 2.39. The average molecular weight is 252 g/mol. The Labute approximate surface area is 116 Å². The molecule has 0 spiro atoms. The second kappa shape index (κ2) is 5.18. The van der Waals surface area contributed by atoms with Crippen molar-refractivity contribution in [3.05, 3.63) is 54.6 Å². The molecule has 1 heteroatoms. The molecule has 0 radical (unpaired) electrons. The summed E-state index contributed by atoms with van der Waals surface area (Å²) in [5, 5.41) is 0. The fraction of sp³-hybridized carbons (Fsp3) is 0.333. The van der Waals surface area contributed by atoms with Crippen molar-refractivity contribution in [2.24, 2.45) is 0 Å². The predicted octanol–water partition coefficient (Wildman–Crippen LogP) is 4.47. The van der Waals surface area contributed by atoms with Crippen molar-refractivity contribution in [2.75, 3.05) is 20.1 Å². The Morgan fingerprint density at radius 2 is 1.37 bits per heavy atom. The van der Waals surface area contributed by atoms with Crippen molar-refractivity contribution in [2.45, 2.75) is 19.3 Å². The van der Waals surface area contributed by atoms with Gasteiger partial charge in [0.15, 0.2) is 0 Å². The van der Waals surface area contributed by atoms with Crippen LogP contribution in [-0.4, -0.2) is 20.1 Å². The van der Waals surface area contributed by atoms with Gasteiger partial charge in [0.1, 0.15) is 5.69 Å². The molecule has 0 aliphatic carbocycles. The van der Waals surface area contributed by atoms with Gasteiger partial charge in [-0.2, -0.15) is 0 Å². The maximum Gasteiger partial charge on any atom is 0.140 e. The Morgan fingerprint density at radius 3 is 2.11 bits per heavy atom. The van der Waals surface area contributed by atoms with Crippen LogP contribution in [0.15, 0.2) is 54.6 Å². The Balaban J connectivity index is 2.07. The van der Waals surface area contributed by atoms with Crippen LogP contribution in [-0.2, 0) is 0 Å². The molecule has 1 aliphatic heterocycles. The molecular formula is C18H22N+. The summed E-state index contributed by atoms with van der Waals surface area (Å²) in [6.07, 6.45) is 4.08. The van der Waals surface area contributed by atoms with E-state index >= 15 is 0 Å². The normalized spacial score (nSPS) is 18.2. The van der Waals surface area contributed by atoms with Crippen LogP contribution >= 0.6 is 0 Å². The van der Waals surface area contributed by atoms with Crippen LogP contribution in [0, 0.1) is 0 Å². The van der Waals surface area contributed by atoms with Crippen LogP contribution in [0.3, 0.4) is 0 Å². The highest BCUT2D eigenvalue weighted by atomic mass is 15.3. The Kier molecular flexibility index (Phi) is 3.39. The Bertz CT molecular complexity index is 539. The van der Waals surface area contributed by atoms with Crippen molar-refractivity contribution >= 4 is 5.69 Å². The van der Waals surface area contributed by atoms with E-state index < -0.39 is 0 Å². The largest absolute Gasteiger partial charge is 0.293 e. The van der Waals surface area contributed by atoms with E-state index in [0.717, 1.165) is 4.48 Å². The quantitative estimate of drug-likeness (QED) is 0.692. The molecule has 2 aromatic carbocycles. The molecule has 0 bridgehead atoms. The van der Waals surface area contributed by atoms with Gasteiger partial charge >= 0.3 is 0 Å². The highest BCUT2D eigenvalue weighted by Crippen LogP contribution is 2.36. The van der Waals surface area contributed by atoms with Gasteiger partial charge in [0.05, 0.1) is 20.1 Å². The van der Waals surface area contributed by atoms with Gasteiger partial charge in [0.2, 0.25) is 0 Å². The fourth-order valence-electron chi connectivity index (χ4n) is 3.26. The second-order valence-corrected chi connectivity index (χ2v) is 5.79. The third-order valence-electron chi connectivity index (χ3n) is 4.37. The second-order valence-electron chi connectivity index (χ2n) is 5.79. The predicted molar refractivity (Wildman–Crippen MR) is 83.2 cm³/mol. The van der Waals surface area contributed by atoms with Crippen molar-refractivity contribution in [3.8, 4) is 11.1 Å². The number of hydrogen-bond donors (Lipinski definition) is 0. The zero-order valence-electron chi connectivity index (χ0n) is 11.7. The van der Waals surface area contributed by atoms with Crippen LogP contribution in [0.1, 0.15) is 19.3 Å². The molecule has 19 heavy (non-hydrogen) atoms. The van der Waals surface area contributed by atoms with E-state index in [-0.39, 0.29) is 0 Å². The Hall–Kier alpha value is -1.60. The van der Waals surface area contributed by atoms with Gasteiger partial charge in [-0.15, -0.1) is 0 Å². The lowest BCUT2D eigenvalue weighted by Crippen LogP contribution is -2.49. The molecule has 0 saturated carbocycles. The lowest BCUT2D eigenvalue weighted by molar-refractivity contribution is 0.275. The van der Waals surface area contributed by atoms with Crippen LogP contribution < -0.4 is 4.48 Å². The maximum atomic E-state index is 2.39. The van der Waals surface area contributed by atoms with E-state index in [1.807, 2.05) is 0 Å². The monoisotopic (exact) mass is 252 g/mol. The van der Waals surface area contributed by atoms with Crippen LogP contribution in [0.25, 0.3) is 11.1 Å². The third kappa shape index (κ3) is 2.43. The summed E-state index contributed by atoms with van der Waals surface area (Å²) in [6.45, 7) is 2.54. The van der Waals surface area contributed by atoms with Crippen molar-refractivity contribution in [3.63, 3.8) is 0 Å². The smallest absolute Gasteiger partial charge is 0.140 e. The standard InChI is InChI=1S/C18H22N/c1-19(14-8-3-9-15-19)18-13-7-6-12-17(18)16-10-4-2-5-11-16/h2,4-7,10-13H,3,8-9,14-15H2,1H3/q+1. The number of piperidine rings is 1. The first-order chi connectivity index (χ1) is 9.30. The van der Waals surface area contributed by atoms with E-state index in [1.165, 1.54) is 49.2 Å². The molecule has 2 aromatic rings. The van der Waals surface area contributed by atoms with E-state index in [2.05, 4.69) is 61.6 Å². The minimum absolute atomic E-state index is 1.09. The molecule has 3 rings (SSSR count). The summed E-state index contributed by atoms with van der Waals surface area (Å²) < 4.78 is 1.09. The number of likely N-dealkylation sites (tertiary alicyclic amines) is 1. The molecule has 1 saturated heterocycles. The third-order valence-corrected chi connectivity index (χ3v) is 4.37. The number of quaternary nitrogens is 1. The van der Waals surface area contributed by atoms with Crippen molar-refractivity contribution < 1.29 is 0 Å². The summed E-state index contributed by atoms with van der Waals surface area (Å²) in [7, 11) is 2.39. The van der Waals surface area contributed by atoms with Gasteiger partial charge in [-0.1, -0.05) is 42.5 Å². The summed E-state index contributed by atoms with van der Waals surface area (Å²) in [4.78, 5) is 0. The number of rotatable bonds is 2. The first kappa shape index (κ1) is 12.4. The topological polar surface area (TPSA) is 0 Å². The minimum atomic E-state index is 1.09. The van der Waals surface area contributed by atoms with E-state index in [0.29, 0.717) is 0 Å². The van der Waals surface area contributed by atoms with Crippen molar-refractivity contribution in [1.29, 1.82) is 0 Å². The van der Waals surface area contributed by atoms with E-state index in [1.54, 1.807) is 0 Å². The summed E-state index contributed by atoms with van der Waals surface area (Å²) in [6, 6.07) is 19.7. The van der Waals surface area contributed by atoms with Gasteiger partial charge in [-0.25, -0.2) is 0 Å². The SMILES string of the molecule is C[N+]1(c2ccccc2-c2ccccc2)CCCCC1. The van der Waals surface area contributed by atoms with Gasteiger partial charge in [-0.05, 0) is 37.0 Å². The number of hydrogen-bond acceptors (Lipinski definition) is 0. The molecule has 1 aliphatic rings. The molecule has 1 nitrogen and oxygen atoms in total. The molecule has 98 valence electrons. The van der Waals surface area contributed by atoms with Gasteiger partial charge in [0, 0.05) is 5.56 Å². The van der Waals surface area contributed by atoms with Crippen molar-refractivity contribution in [1.82, 2.24) is 4.48 Å². The zero-order chi connectivity index (χ0) is 13.1. The number of benzene rings is 2. The van der Waals surface area contributed by atoms with E-state index in [4.69, 9.17) is 0 Å². The first-order valence-corrected chi connectivity index (χ1v) is 7.29. The summed E-state index contributed by atoms with van der Waals surface area (Å²) in [5.41, 5.74) is 4.21. The number of para-hydroxylation sites is 1. The molecule has 1 heterocycles. The highest BCUT2D eigenvalue weighted by Gasteiger charge is 2.29.